The standard InChI is InChI=1S/C14H18BrIN2O/c15-11-4-5-13(16)12(10-11)14(19)17-6-3-9-18-7-1-2-8-18/h4-5,10H,1-3,6-9H2,(H,17,19). The van der Waals surface area contributed by atoms with E-state index < -0.39 is 0 Å². The first kappa shape index (κ1) is 15.3. The zero-order valence-corrected chi connectivity index (χ0v) is 14.5. The number of benzene rings is 1. The third-order valence-corrected chi connectivity index (χ3v) is 4.74. The Labute approximate surface area is 136 Å². The zero-order chi connectivity index (χ0) is 13.7. The van der Waals surface area contributed by atoms with Gasteiger partial charge < -0.3 is 10.2 Å². The molecule has 0 aliphatic carbocycles. The van der Waals surface area contributed by atoms with Gasteiger partial charge >= 0.3 is 0 Å². The number of nitrogens with one attached hydrogen (secondary N) is 1. The maximum atomic E-state index is 12.1. The molecule has 0 unspecified atom stereocenters. The van der Waals surface area contributed by atoms with Crippen LogP contribution in [0.2, 0.25) is 0 Å². The molecule has 1 aromatic rings. The van der Waals surface area contributed by atoms with Gasteiger partial charge in [0.25, 0.3) is 5.91 Å². The van der Waals surface area contributed by atoms with Gasteiger partial charge in [0.05, 0.1) is 5.56 Å². The Hall–Kier alpha value is -0.140. The minimum atomic E-state index is 0.0205. The molecule has 2 rings (SSSR count). The van der Waals surface area contributed by atoms with Crippen LogP contribution in [0.1, 0.15) is 29.6 Å². The second-order valence-corrected chi connectivity index (χ2v) is 6.86. The average Bonchev–Trinajstić information content (AvgIpc) is 2.90. The minimum Gasteiger partial charge on any atom is -0.352 e. The van der Waals surface area contributed by atoms with Gasteiger partial charge in [-0.25, -0.2) is 0 Å². The maximum Gasteiger partial charge on any atom is 0.252 e. The van der Waals surface area contributed by atoms with Gasteiger partial charge in [0.2, 0.25) is 0 Å². The number of carbonyl (C=O) groups excluding carboxylic acids is 1. The summed E-state index contributed by atoms with van der Waals surface area (Å²) < 4.78 is 1.92. The molecule has 0 atom stereocenters. The topological polar surface area (TPSA) is 32.3 Å². The molecule has 1 fully saturated rings. The molecule has 0 saturated carbocycles. The molecule has 1 saturated heterocycles. The van der Waals surface area contributed by atoms with Crippen molar-refractivity contribution in [1.82, 2.24) is 10.2 Å². The van der Waals surface area contributed by atoms with Crippen LogP contribution < -0.4 is 5.32 Å². The second kappa shape index (κ2) is 7.59. The highest BCUT2D eigenvalue weighted by atomic mass is 127. The van der Waals surface area contributed by atoms with Crippen molar-refractivity contribution in [1.29, 1.82) is 0 Å². The Balaban J connectivity index is 1.75. The molecule has 1 aliphatic rings. The van der Waals surface area contributed by atoms with E-state index in [0.29, 0.717) is 0 Å². The van der Waals surface area contributed by atoms with Crippen LogP contribution >= 0.6 is 38.5 Å². The highest BCUT2D eigenvalue weighted by molar-refractivity contribution is 14.1. The lowest BCUT2D eigenvalue weighted by Crippen LogP contribution is -2.29. The Kier molecular flexibility index (Phi) is 6.09. The molecule has 1 aromatic carbocycles. The SMILES string of the molecule is O=C(NCCCN1CCCC1)c1cc(Br)ccc1I. The van der Waals surface area contributed by atoms with Crippen LogP contribution in [-0.4, -0.2) is 37.0 Å². The third kappa shape index (κ3) is 4.72. The van der Waals surface area contributed by atoms with E-state index in [0.717, 1.165) is 33.1 Å². The van der Waals surface area contributed by atoms with Gasteiger partial charge in [-0.2, -0.15) is 0 Å². The molecular formula is C14H18BrIN2O. The largest absolute Gasteiger partial charge is 0.352 e. The molecule has 1 amide bonds. The third-order valence-electron chi connectivity index (χ3n) is 3.31. The summed E-state index contributed by atoms with van der Waals surface area (Å²) in [6, 6.07) is 5.77. The van der Waals surface area contributed by atoms with Gasteiger partial charge in [-0.05, 0) is 79.7 Å². The first-order chi connectivity index (χ1) is 9.16. The Morgan fingerprint density at radius 2 is 2.11 bits per heavy atom. The quantitative estimate of drug-likeness (QED) is 0.567. The van der Waals surface area contributed by atoms with Gasteiger partial charge in [0.15, 0.2) is 0 Å². The Morgan fingerprint density at radius 1 is 1.37 bits per heavy atom. The zero-order valence-electron chi connectivity index (χ0n) is 10.8. The lowest BCUT2D eigenvalue weighted by Gasteiger charge is -2.14. The van der Waals surface area contributed by atoms with Crippen molar-refractivity contribution in [3.63, 3.8) is 0 Å². The first-order valence-corrected chi connectivity index (χ1v) is 8.49. The van der Waals surface area contributed by atoms with E-state index in [9.17, 15) is 4.79 Å². The lowest BCUT2D eigenvalue weighted by molar-refractivity contribution is 0.0951. The van der Waals surface area contributed by atoms with Crippen molar-refractivity contribution in [3.8, 4) is 0 Å². The van der Waals surface area contributed by atoms with Crippen molar-refractivity contribution in [2.24, 2.45) is 0 Å². The summed E-state index contributed by atoms with van der Waals surface area (Å²) in [6.07, 6.45) is 3.67. The predicted molar refractivity (Wildman–Crippen MR) is 89.5 cm³/mol. The van der Waals surface area contributed by atoms with Gasteiger partial charge in [0, 0.05) is 14.6 Å². The summed E-state index contributed by atoms with van der Waals surface area (Å²) in [4.78, 5) is 14.5. The first-order valence-electron chi connectivity index (χ1n) is 6.62. The van der Waals surface area contributed by atoms with E-state index in [1.807, 2.05) is 18.2 Å². The van der Waals surface area contributed by atoms with E-state index in [1.165, 1.54) is 25.9 Å². The summed E-state index contributed by atoms with van der Waals surface area (Å²) in [5.74, 6) is 0.0205. The number of carbonyl (C=O) groups is 1. The molecule has 0 aromatic heterocycles. The molecule has 3 nitrogen and oxygen atoms in total. The highest BCUT2D eigenvalue weighted by Gasteiger charge is 2.12. The second-order valence-electron chi connectivity index (χ2n) is 4.78. The summed E-state index contributed by atoms with van der Waals surface area (Å²) >= 11 is 5.60. The number of amides is 1. The number of likely N-dealkylation sites (tertiary alicyclic amines) is 1. The van der Waals surface area contributed by atoms with Crippen molar-refractivity contribution in [2.45, 2.75) is 19.3 Å². The van der Waals surface area contributed by atoms with Gasteiger partial charge in [0.1, 0.15) is 0 Å². The van der Waals surface area contributed by atoms with E-state index in [2.05, 4.69) is 48.7 Å². The molecule has 1 N–H and O–H groups in total. The fourth-order valence-corrected chi connectivity index (χ4v) is 3.22. The van der Waals surface area contributed by atoms with Crippen LogP contribution in [0.15, 0.2) is 22.7 Å². The van der Waals surface area contributed by atoms with E-state index in [1.54, 1.807) is 0 Å². The summed E-state index contributed by atoms with van der Waals surface area (Å²) in [5, 5.41) is 3.00. The summed E-state index contributed by atoms with van der Waals surface area (Å²) in [5.41, 5.74) is 0.746. The highest BCUT2D eigenvalue weighted by Crippen LogP contribution is 2.18. The van der Waals surface area contributed by atoms with Crippen LogP contribution in [0.4, 0.5) is 0 Å². The van der Waals surface area contributed by atoms with E-state index in [4.69, 9.17) is 0 Å². The molecule has 0 radical (unpaired) electrons. The lowest BCUT2D eigenvalue weighted by atomic mass is 10.2. The molecule has 104 valence electrons. The minimum absolute atomic E-state index is 0.0205. The van der Waals surface area contributed by atoms with Crippen LogP contribution in [-0.2, 0) is 0 Å². The molecule has 5 heteroatoms. The molecule has 19 heavy (non-hydrogen) atoms. The Morgan fingerprint density at radius 3 is 2.84 bits per heavy atom. The maximum absolute atomic E-state index is 12.1. The van der Waals surface area contributed by atoms with Crippen molar-refractivity contribution < 1.29 is 4.79 Å². The van der Waals surface area contributed by atoms with Gasteiger partial charge in [-0.15, -0.1) is 0 Å². The smallest absolute Gasteiger partial charge is 0.252 e. The fraction of sp³-hybridized carbons (Fsp3) is 0.500. The molecule has 0 bridgehead atoms. The summed E-state index contributed by atoms with van der Waals surface area (Å²) in [7, 11) is 0. The number of hydrogen-bond donors (Lipinski definition) is 1. The van der Waals surface area contributed by atoms with Crippen molar-refractivity contribution in [2.75, 3.05) is 26.2 Å². The predicted octanol–water partition coefficient (Wildman–Crippen LogP) is 3.27. The normalized spacial score (nSPS) is 15.7. The molecular weight excluding hydrogens is 419 g/mol. The number of nitrogens with zero attached hydrogens (tertiary/aromatic N) is 1. The number of hydrogen-bond acceptors (Lipinski definition) is 2. The monoisotopic (exact) mass is 436 g/mol. The fourth-order valence-electron chi connectivity index (χ4n) is 2.28. The Bertz CT molecular complexity index is 447. The molecule has 1 aliphatic heterocycles. The number of halogens is 2. The van der Waals surface area contributed by atoms with Crippen LogP contribution in [0.5, 0.6) is 0 Å². The van der Waals surface area contributed by atoms with Crippen LogP contribution in [0.25, 0.3) is 0 Å². The summed E-state index contributed by atoms with van der Waals surface area (Å²) in [6.45, 7) is 4.28. The number of rotatable bonds is 5. The van der Waals surface area contributed by atoms with E-state index >= 15 is 0 Å². The van der Waals surface area contributed by atoms with Gasteiger partial charge in [-0.1, -0.05) is 15.9 Å². The van der Waals surface area contributed by atoms with Crippen LogP contribution in [0.3, 0.4) is 0 Å². The van der Waals surface area contributed by atoms with Gasteiger partial charge in [-0.3, -0.25) is 4.79 Å². The van der Waals surface area contributed by atoms with E-state index in [-0.39, 0.29) is 5.91 Å². The van der Waals surface area contributed by atoms with Crippen molar-refractivity contribution >= 4 is 44.4 Å². The molecule has 0 spiro atoms. The van der Waals surface area contributed by atoms with Crippen molar-refractivity contribution in [3.05, 3.63) is 31.8 Å². The molecule has 1 heterocycles. The average molecular weight is 437 g/mol. The van der Waals surface area contributed by atoms with Crippen LogP contribution in [0, 0.1) is 3.57 Å².